The van der Waals surface area contributed by atoms with Crippen molar-refractivity contribution in [3.63, 3.8) is 0 Å². The van der Waals surface area contributed by atoms with E-state index in [1.54, 1.807) is 6.92 Å². The molecule has 6 atom stereocenters. The summed E-state index contributed by atoms with van der Waals surface area (Å²) < 4.78 is 5.75. The number of hydrogen-bond donors (Lipinski definition) is 0. The van der Waals surface area contributed by atoms with Crippen molar-refractivity contribution in [1.82, 2.24) is 0 Å². The molecule has 4 rings (SSSR count). The van der Waals surface area contributed by atoms with Gasteiger partial charge in [0.25, 0.3) is 0 Å². The Labute approximate surface area is 102 Å². The van der Waals surface area contributed by atoms with Gasteiger partial charge in [-0.3, -0.25) is 0 Å². The van der Waals surface area contributed by atoms with E-state index in [0.29, 0.717) is 22.8 Å². The van der Waals surface area contributed by atoms with Crippen LogP contribution in [0.2, 0.25) is 0 Å². The van der Waals surface area contributed by atoms with Crippen LogP contribution in [-0.2, 0) is 9.53 Å². The van der Waals surface area contributed by atoms with Crippen LogP contribution in [-0.4, -0.2) is 12.1 Å². The molecule has 2 nitrogen and oxygen atoms in total. The molecule has 0 aromatic carbocycles. The fraction of sp³-hybridized carbons (Fsp3) is 0.800. The molecule has 0 amide bonds. The van der Waals surface area contributed by atoms with E-state index in [-0.39, 0.29) is 12.1 Å². The fourth-order valence-corrected chi connectivity index (χ4v) is 5.61. The number of ether oxygens (including phenoxy) is 1. The lowest BCUT2D eigenvalue weighted by Crippen LogP contribution is -2.46. The molecule has 0 aromatic rings. The van der Waals surface area contributed by atoms with Crippen LogP contribution >= 0.6 is 0 Å². The summed E-state index contributed by atoms with van der Waals surface area (Å²) in [6, 6.07) is 0. The van der Waals surface area contributed by atoms with Crippen molar-refractivity contribution < 1.29 is 9.53 Å². The minimum atomic E-state index is -0.168. The van der Waals surface area contributed by atoms with Crippen molar-refractivity contribution in [2.75, 3.05) is 0 Å². The Kier molecular flexibility index (Phi) is 1.77. The molecular formula is C15H20O2. The molecule has 92 valence electrons. The largest absolute Gasteiger partial charge is 0.458 e. The minimum absolute atomic E-state index is 0.168. The van der Waals surface area contributed by atoms with E-state index in [1.165, 1.54) is 32.1 Å². The summed E-state index contributed by atoms with van der Waals surface area (Å²) >= 11 is 0. The van der Waals surface area contributed by atoms with Crippen LogP contribution in [0, 0.1) is 29.1 Å². The molecule has 0 aliphatic heterocycles. The molecule has 4 aliphatic carbocycles. The predicted octanol–water partition coefficient (Wildman–Crippen LogP) is 2.93. The average molecular weight is 232 g/mol. The van der Waals surface area contributed by atoms with E-state index >= 15 is 0 Å². The lowest BCUT2D eigenvalue weighted by atomic mass is 9.55. The first-order valence-electron chi connectivity index (χ1n) is 6.96. The summed E-state index contributed by atoms with van der Waals surface area (Å²) in [5.41, 5.74) is 1.15. The average Bonchev–Trinajstić information content (AvgIpc) is 2.56. The van der Waals surface area contributed by atoms with Gasteiger partial charge in [-0.2, -0.15) is 0 Å². The summed E-state index contributed by atoms with van der Waals surface area (Å²) in [6.45, 7) is 5.44. The maximum Gasteiger partial charge on any atom is 0.333 e. The molecule has 4 saturated carbocycles. The number of carbonyl (C=O) groups excluding carboxylic acids is 1. The third-order valence-electron chi connectivity index (χ3n) is 6.11. The molecule has 1 spiro atoms. The topological polar surface area (TPSA) is 26.3 Å². The first-order chi connectivity index (χ1) is 8.10. The summed E-state index contributed by atoms with van der Waals surface area (Å²) in [4.78, 5) is 11.7. The van der Waals surface area contributed by atoms with Crippen LogP contribution < -0.4 is 0 Å². The highest BCUT2D eigenvalue weighted by atomic mass is 16.5. The van der Waals surface area contributed by atoms with Gasteiger partial charge in [-0.1, -0.05) is 6.58 Å². The van der Waals surface area contributed by atoms with Gasteiger partial charge >= 0.3 is 5.97 Å². The monoisotopic (exact) mass is 232 g/mol. The lowest BCUT2D eigenvalue weighted by molar-refractivity contribution is -0.154. The predicted molar refractivity (Wildman–Crippen MR) is 64.2 cm³/mol. The SMILES string of the molecule is C=C(C)C(=O)OC1C2CC3CC4CC1C4(C3)C2. The smallest absolute Gasteiger partial charge is 0.333 e. The van der Waals surface area contributed by atoms with Crippen molar-refractivity contribution >= 4 is 5.97 Å². The second kappa shape index (κ2) is 2.96. The van der Waals surface area contributed by atoms with Crippen LogP contribution in [0.5, 0.6) is 0 Å². The molecule has 0 aromatic heterocycles. The number of rotatable bonds is 2. The van der Waals surface area contributed by atoms with Gasteiger partial charge in [0.1, 0.15) is 6.10 Å². The van der Waals surface area contributed by atoms with Gasteiger partial charge in [-0.05, 0) is 62.2 Å². The van der Waals surface area contributed by atoms with Crippen molar-refractivity contribution in [2.24, 2.45) is 29.1 Å². The fourth-order valence-electron chi connectivity index (χ4n) is 5.61. The maximum absolute atomic E-state index is 11.7. The van der Waals surface area contributed by atoms with Gasteiger partial charge in [-0.25, -0.2) is 4.79 Å². The zero-order valence-electron chi connectivity index (χ0n) is 10.4. The van der Waals surface area contributed by atoms with Crippen LogP contribution in [0.15, 0.2) is 12.2 Å². The van der Waals surface area contributed by atoms with E-state index in [1.807, 2.05) is 0 Å². The van der Waals surface area contributed by atoms with Gasteiger partial charge in [-0.15, -0.1) is 0 Å². The minimum Gasteiger partial charge on any atom is -0.458 e. The van der Waals surface area contributed by atoms with E-state index < -0.39 is 0 Å². The number of hydrogen-bond acceptors (Lipinski definition) is 2. The molecule has 0 N–H and O–H groups in total. The van der Waals surface area contributed by atoms with Crippen LogP contribution in [0.4, 0.5) is 0 Å². The standard InChI is InChI=1S/C15H20O2/c1-8(2)14(16)17-13-10-3-9-4-11-5-12(13)15(11,6-9)7-10/h9-13H,1,3-7H2,2H3. The molecule has 4 fully saturated rings. The third-order valence-corrected chi connectivity index (χ3v) is 6.11. The van der Waals surface area contributed by atoms with Crippen molar-refractivity contribution in [3.8, 4) is 0 Å². The second-order valence-electron chi connectivity index (χ2n) is 6.93. The molecule has 2 heteroatoms. The summed E-state index contributed by atoms with van der Waals surface area (Å²) in [6.07, 6.45) is 7.09. The van der Waals surface area contributed by atoms with Gasteiger partial charge < -0.3 is 4.74 Å². The van der Waals surface area contributed by atoms with Gasteiger partial charge in [0, 0.05) is 11.5 Å². The van der Waals surface area contributed by atoms with Crippen molar-refractivity contribution in [3.05, 3.63) is 12.2 Å². The van der Waals surface area contributed by atoms with Gasteiger partial charge in [0.15, 0.2) is 0 Å². The molecule has 3 bridgehead atoms. The quantitative estimate of drug-likeness (QED) is 0.540. The zero-order valence-corrected chi connectivity index (χ0v) is 10.4. The Hall–Kier alpha value is -0.790. The first kappa shape index (κ1) is 10.2. The number of fused-ring (bicyclic) bond motifs is 2. The molecule has 0 radical (unpaired) electrons. The second-order valence-corrected chi connectivity index (χ2v) is 6.93. The molecule has 0 heterocycles. The van der Waals surface area contributed by atoms with Crippen LogP contribution in [0.3, 0.4) is 0 Å². The molecule has 0 saturated heterocycles. The van der Waals surface area contributed by atoms with Crippen LogP contribution in [0.1, 0.15) is 39.0 Å². The zero-order chi connectivity index (χ0) is 11.8. The Morgan fingerprint density at radius 1 is 1.29 bits per heavy atom. The molecule has 4 aliphatic rings. The first-order valence-corrected chi connectivity index (χ1v) is 6.96. The summed E-state index contributed by atoms with van der Waals surface area (Å²) in [5.74, 6) is 3.09. The van der Waals surface area contributed by atoms with Gasteiger partial charge in [0.2, 0.25) is 0 Å². The third kappa shape index (κ3) is 1.10. The van der Waals surface area contributed by atoms with E-state index in [0.717, 1.165) is 11.8 Å². The lowest BCUT2D eigenvalue weighted by Gasteiger charge is -2.50. The number of esters is 1. The maximum atomic E-state index is 11.7. The Morgan fingerprint density at radius 3 is 2.88 bits per heavy atom. The van der Waals surface area contributed by atoms with Crippen molar-refractivity contribution in [1.29, 1.82) is 0 Å². The Bertz CT molecular complexity index is 413. The molecule has 17 heavy (non-hydrogen) atoms. The Balaban J connectivity index is 1.60. The van der Waals surface area contributed by atoms with Gasteiger partial charge in [0.05, 0.1) is 0 Å². The highest BCUT2D eigenvalue weighted by Gasteiger charge is 2.71. The van der Waals surface area contributed by atoms with Crippen LogP contribution in [0.25, 0.3) is 0 Å². The highest BCUT2D eigenvalue weighted by molar-refractivity contribution is 5.87. The summed E-state index contributed by atoms with van der Waals surface area (Å²) in [5, 5.41) is 0. The molecular weight excluding hydrogens is 212 g/mol. The van der Waals surface area contributed by atoms with E-state index in [2.05, 4.69) is 6.58 Å². The van der Waals surface area contributed by atoms with E-state index in [9.17, 15) is 4.79 Å². The summed E-state index contributed by atoms with van der Waals surface area (Å²) in [7, 11) is 0. The number of carbonyl (C=O) groups is 1. The molecule has 6 unspecified atom stereocenters. The normalized spacial score (nSPS) is 53.1. The van der Waals surface area contributed by atoms with Crippen molar-refractivity contribution in [2.45, 2.75) is 45.1 Å². The highest BCUT2D eigenvalue weighted by Crippen LogP contribution is 2.75. The van der Waals surface area contributed by atoms with E-state index in [4.69, 9.17) is 4.74 Å². The Morgan fingerprint density at radius 2 is 2.12 bits per heavy atom.